The van der Waals surface area contributed by atoms with Crippen molar-refractivity contribution in [2.24, 2.45) is 0 Å². The highest BCUT2D eigenvalue weighted by Gasteiger charge is 2.10. The van der Waals surface area contributed by atoms with E-state index in [2.05, 4.69) is 10.4 Å². The van der Waals surface area contributed by atoms with Crippen molar-refractivity contribution >= 4 is 22.5 Å². The average molecular weight is 309 g/mol. The number of carbonyl (C=O) groups is 1. The molecule has 0 radical (unpaired) electrons. The molecule has 2 aromatic carbocycles. The van der Waals surface area contributed by atoms with Crippen molar-refractivity contribution in [3.05, 3.63) is 54.7 Å². The molecule has 23 heavy (non-hydrogen) atoms. The highest BCUT2D eigenvalue weighted by molar-refractivity contribution is 5.92. The second kappa shape index (κ2) is 6.52. The standard InChI is InChI=1S/C18H19N3O2/c1-13(2)21-17(10-11-19-21)20-18(22)12-23-16-9-5-7-14-6-3-4-8-15(14)16/h3-11,13H,12H2,1-2H3,(H,20,22). The Hall–Kier alpha value is -2.82. The lowest BCUT2D eigenvalue weighted by Crippen LogP contribution is -2.22. The number of fused-ring (bicyclic) bond motifs is 1. The van der Waals surface area contributed by atoms with Crippen molar-refractivity contribution in [2.75, 3.05) is 11.9 Å². The second-order valence-electron chi connectivity index (χ2n) is 5.57. The normalized spacial score (nSPS) is 10.9. The predicted octanol–water partition coefficient (Wildman–Crippen LogP) is 3.63. The number of nitrogens with zero attached hydrogens (tertiary/aromatic N) is 2. The maximum Gasteiger partial charge on any atom is 0.263 e. The van der Waals surface area contributed by atoms with E-state index in [4.69, 9.17) is 4.74 Å². The van der Waals surface area contributed by atoms with Gasteiger partial charge < -0.3 is 10.1 Å². The van der Waals surface area contributed by atoms with Crippen molar-refractivity contribution in [1.82, 2.24) is 9.78 Å². The van der Waals surface area contributed by atoms with Gasteiger partial charge in [0.2, 0.25) is 0 Å². The molecule has 1 heterocycles. The van der Waals surface area contributed by atoms with Gasteiger partial charge in [-0.1, -0.05) is 36.4 Å². The van der Waals surface area contributed by atoms with Crippen molar-refractivity contribution in [3.63, 3.8) is 0 Å². The first kappa shape index (κ1) is 15.1. The van der Waals surface area contributed by atoms with Crippen LogP contribution in [0.4, 0.5) is 5.82 Å². The van der Waals surface area contributed by atoms with Crippen molar-refractivity contribution in [3.8, 4) is 5.75 Å². The Morgan fingerprint density at radius 3 is 2.78 bits per heavy atom. The molecule has 0 fully saturated rings. The number of aromatic nitrogens is 2. The fourth-order valence-electron chi connectivity index (χ4n) is 2.47. The first-order valence-corrected chi connectivity index (χ1v) is 7.59. The first-order chi connectivity index (χ1) is 11.1. The minimum atomic E-state index is -0.208. The number of hydrogen-bond donors (Lipinski definition) is 1. The molecule has 5 heteroatoms. The third-order valence-corrected chi connectivity index (χ3v) is 3.54. The summed E-state index contributed by atoms with van der Waals surface area (Å²) in [7, 11) is 0. The smallest absolute Gasteiger partial charge is 0.263 e. The summed E-state index contributed by atoms with van der Waals surface area (Å²) in [5.41, 5.74) is 0. The van der Waals surface area contributed by atoms with Gasteiger partial charge >= 0.3 is 0 Å². The Bertz CT molecular complexity index is 819. The fraction of sp³-hybridized carbons (Fsp3) is 0.222. The topological polar surface area (TPSA) is 56.2 Å². The Labute approximate surface area is 134 Å². The van der Waals surface area contributed by atoms with Gasteiger partial charge in [-0.25, -0.2) is 4.68 Å². The van der Waals surface area contributed by atoms with Crippen LogP contribution in [0.5, 0.6) is 5.75 Å². The zero-order valence-electron chi connectivity index (χ0n) is 13.2. The van der Waals surface area contributed by atoms with Crippen LogP contribution in [0.1, 0.15) is 19.9 Å². The summed E-state index contributed by atoms with van der Waals surface area (Å²) in [4.78, 5) is 12.1. The van der Waals surface area contributed by atoms with Crippen LogP contribution < -0.4 is 10.1 Å². The second-order valence-corrected chi connectivity index (χ2v) is 5.57. The first-order valence-electron chi connectivity index (χ1n) is 7.59. The van der Waals surface area contributed by atoms with Crippen LogP contribution in [0.15, 0.2) is 54.7 Å². The number of anilines is 1. The third-order valence-electron chi connectivity index (χ3n) is 3.54. The SMILES string of the molecule is CC(C)n1nccc1NC(=O)COc1cccc2ccccc12. The molecule has 1 amide bonds. The maximum absolute atomic E-state index is 12.1. The van der Waals surface area contributed by atoms with Gasteiger partial charge in [-0.2, -0.15) is 5.10 Å². The van der Waals surface area contributed by atoms with Crippen LogP contribution in [-0.4, -0.2) is 22.3 Å². The molecular formula is C18H19N3O2. The molecule has 0 aliphatic heterocycles. The van der Waals surface area contributed by atoms with Gasteiger partial charge in [-0.3, -0.25) is 4.79 Å². The van der Waals surface area contributed by atoms with Gasteiger partial charge in [0.1, 0.15) is 11.6 Å². The minimum absolute atomic E-state index is 0.0444. The predicted molar refractivity (Wildman–Crippen MR) is 90.7 cm³/mol. The number of rotatable bonds is 5. The number of amides is 1. The number of benzene rings is 2. The highest BCUT2D eigenvalue weighted by atomic mass is 16.5. The monoisotopic (exact) mass is 309 g/mol. The largest absolute Gasteiger partial charge is 0.483 e. The molecule has 0 atom stereocenters. The molecular weight excluding hydrogens is 290 g/mol. The van der Waals surface area contributed by atoms with E-state index in [-0.39, 0.29) is 18.6 Å². The van der Waals surface area contributed by atoms with Gasteiger partial charge in [0.25, 0.3) is 5.91 Å². The summed E-state index contributed by atoms with van der Waals surface area (Å²) < 4.78 is 7.45. The van der Waals surface area contributed by atoms with Crippen molar-refractivity contribution in [2.45, 2.75) is 19.9 Å². The van der Waals surface area contributed by atoms with E-state index in [0.717, 1.165) is 10.8 Å². The van der Waals surface area contributed by atoms with Gasteiger partial charge in [0.05, 0.1) is 6.20 Å². The molecule has 0 unspecified atom stereocenters. The molecule has 0 saturated carbocycles. The number of nitrogens with one attached hydrogen (secondary N) is 1. The summed E-state index contributed by atoms with van der Waals surface area (Å²) in [5.74, 6) is 1.17. The number of hydrogen-bond acceptors (Lipinski definition) is 3. The number of carbonyl (C=O) groups excluding carboxylic acids is 1. The van der Waals surface area contributed by atoms with Crippen molar-refractivity contribution < 1.29 is 9.53 Å². The van der Waals surface area contributed by atoms with E-state index in [1.165, 1.54) is 0 Å². The quantitative estimate of drug-likeness (QED) is 0.783. The molecule has 3 aromatic rings. The molecule has 1 N–H and O–H groups in total. The molecule has 0 aliphatic carbocycles. The van der Waals surface area contributed by atoms with Gasteiger partial charge in [0, 0.05) is 17.5 Å². The highest BCUT2D eigenvalue weighted by Crippen LogP contribution is 2.25. The molecule has 3 rings (SSSR count). The van der Waals surface area contributed by atoms with Crippen LogP contribution in [-0.2, 0) is 4.79 Å². The van der Waals surface area contributed by atoms with Crippen LogP contribution in [0.2, 0.25) is 0 Å². The lowest BCUT2D eigenvalue weighted by molar-refractivity contribution is -0.118. The van der Waals surface area contributed by atoms with E-state index in [1.807, 2.05) is 56.3 Å². The average Bonchev–Trinajstić information content (AvgIpc) is 3.01. The molecule has 118 valence electrons. The van der Waals surface area contributed by atoms with Crippen LogP contribution >= 0.6 is 0 Å². The number of ether oxygens (including phenoxy) is 1. The van der Waals surface area contributed by atoms with Crippen LogP contribution in [0.3, 0.4) is 0 Å². The summed E-state index contributed by atoms with van der Waals surface area (Å²) in [5, 5.41) is 9.10. The Balaban J connectivity index is 1.68. The molecule has 1 aromatic heterocycles. The van der Waals surface area contributed by atoms with Crippen molar-refractivity contribution in [1.29, 1.82) is 0 Å². The Kier molecular flexibility index (Phi) is 4.28. The lowest BCUT2D eigenvalue weighted by atomic mass is 10.1. The maximum atomic E-state index is 12.1. The van der Waals surface area contributed by atoms with E-state index in [9.17, 15) is 4.79 Å². The van der Waals surface area contributed by atoms with E-state index in [0.29, 0.717) is 11.6 Å². The van der Waals surface area contributed by atoms with Crippen LogP contribution in [0.25, 0.3) is 10.8 Å². The van der Waals surface area contributed by atoms with Gasteiger partial charge in [0.15, 0.2) is 6.61 Å². The van der Waals surface area contributed by atoms with Gasteiger partial charge in [-0.15, -0.1) is 0 Å². The Morgan fingerprint density at radius 1 is 1.17 bits per heavy atom. The fourth-order valence-corrected chi connectivity index (χ4v) is 2.47. The minimum Gasteiger partial charge on any atom is -0.483 e. The zero-order valence-corrected chi connectivity index (χ0v) is 13.2. The summed E-state index contributed by atoms with van der Waals surface area (Å²) in [6.45, 7) is 3.97. The lowest BCUT2D eigenvalue weighted by Gasteiger charge is -2.13. The van der Waals surface area contributed by atoms with Gasteiger partial charge in [-0.05, 0) is 25.3 Å². The molecule has 5 nitrogen and oxygen atoms in total. The molecule has 0 bridgehead atoms. The van der Waals surface area contributed by atoms with E-state index in [1.54, 1.807) is 16.9 Å². The van der Waals surface area contributed by atoms with E-state index < -0.39 is 0 Å². The molecule has 0 spiro atoms. The Morgan fingerprint density at radius 2 is 1.96 bits per heavy atom. The van der Waals surface area contributed by atoms with E-state index >= 15 is 0 Å². The molecule has 0 saturated heterocycles. The summed E-state index contributed by atoms with van der Waals surface area (Å²) in [6, 6.07) is 15.7. The molecule has 0 aliphatic rings. The summed E-state index contributed by atoms with van der Waals surface area (Å²) in [6.07, 6.45) is 1.67. The third kappa shape index (κ3) is 3.34. The van der Waals surface area contributed by atoms with Crippen LogP contribution in [0, 0.1) is 0 Å². The summed E-state index contributed by atoms with van der Waals surface area (Å²) >= 11 is 0. The zero-order chi connectivity index (χ0) is 16.2.